The van der Waals surface area contributed by atoms with Crippen LogP contribution in [-0.4, -0.2) is 55.9 Å². The number of aliphatic hydroxyl groups excluding tert-OH is 1. The number of aliphatic hydroxyl groups is 1. The van der Waals surface area contributed by atoms with Crippen molar-refractivity contribution in [3.8, 4) is 5.75 Å². The third kappa shape index (κ3) is 5.27. The number of amides is 1. The van der Waals surface area contributed by atoms with Crippen LogP contribution in [0.2, 0.25) is 0 Å². The highest BCUT2D eigenvalue weighted by Gasteiger charge is 2.33. The van der Waals surface area contributed by atoms with E-state index < -0.39 is 28.0 Å². The molecule has 1 amide bonds. The van der Waals surface area contributed by atoms with E-state index >= 15 is 0 Å². The number of carbonyl (C=O) groups excluding carboxylic acids is 1. The first-order chi connectivity index (χ1) is 10.3. The van der Waals surface area contributed by atoms with Crippen LogP contribution in [0.4, 0.5) is 3.89 Å². The van der Waals surface area contributed by atoms with Gasteiger partial charge in [-0.05, 0) is 12.1 Å². The number of rotatable bonds is 7. The highest BCUT2D eigenvalue weighted by molar-refractivity contribution is 7.86. The topological polar surface area (TPSA) is 83.9 Å². The van der Waals surface area contributed by atoms with Gasteiger partial charge in [0.15, 0.2) is 0 Å². The van der Waals surface area contributed by atoms with Gasteiger partial charge in [0, 0.05) is 25.4 Å². The molecule has 0 spiro atoms. The molecule has 0 aliphatic carbocycles. The lowest BCUT2D eigenvalue weighted by Crippen LogP contribution is -2.36. The maximum atomic E-state index is 12.6. The van der Waals surface area contributed by atoms with Gasteiger partial charge in [-0.25, -0.2) is 0 Å². The molecule has 0 bridgehead atoms. The molecule has 1 aliphatic rings. The van der Waals surface area contributed by atoms with Gasteiger partial charge in [0.05, 0.1) is 5.75 Å². The molecule has 0 radical (unpaired) electrons. The van der Waals surface area contributed by atoms with Crippen molar-refractivity contribution in [1.82, 2.24) is 4.90 Å². The molecule has 2 atom stereocenters. The maximum absolute atomic E-state index is 12.6. The Balaban J connectivity index is 1.79. The van der Waals surface area contributed by atoms with E-state index in [1.54, 1.807) is 24.3 Å². The number of hydrogen-bond acceptors (Lipinski definition) is 5. The van der Waals surface area contributed by atoms with E-state index in [4.69, 9.17) is 4.74 Å². The predicted octanol–water partition coefficient (Wildman–Crippen LogP) is 0.574. The summed E-state index contributed by atoms with van der Waals surface area (Å²) in [4.78, 5) is 13.1. The van der Waals surface area contributed by atoms with Crippen molar-refractivity contribution in [3.63, 3.8) is 0 Å². The fourth-order valence-electron chi connectivity index (χ4n) is 2.44. The van der Waals surface area contributed by atoms with Gasteiger partial charge >= 0.3 is 10.2 Å². The third-order valence-electron chi connectivity index (χ3n) is 3.35. The quantitative estimate of drug-likeness (QED) is 0.739. The summed E-state index contributed by atoms with van der Waals surface area (Å²) in [7, 11) is -4.60. The number of benzene rings is 1. The van der Waals surface area contributed by atoms with E-state index in [-0.39, 0.29) is 32.0 Å². The number of carbonyl (C=O) groups is 1. The number of halogens is 1. The first kappa shape index (κ1) is 16.7. The van der Waals surface area contributed by atoms with Crippen LogP contribution in [-0.2, 0) is 15.0 Å². The van der Waals surface area contributed by atoms with E-state index in [9.17, 15) is 22.2 Å². The Morgan fingerprint density at radius 3 is 2.68 bits per heavy atom. The highest BCUT2D eigenvalue weighted by Crippen LogP contribution is 2.20. The molecule has 1 heterocycles. The lowest BCUT2D eigenvalue weighted by Gasteiger charge is -2.20. The summed E-state index contributed by atoms with van der Waals surface area (Å²) in [6, 6.07) is 8.93. The van der Waals surface area contributed by atoms with Gasteiger partial charge in [0.2, 0.25) is 5.91 Å². The minimum atomic E-state index is -4.60. The molecule has 1 aromatic carbocycles. The Kier molecular flexibility index (Phi) is 5.36. The molecule has 22 heavy (non-hydrogen) atoms. The van der Waals surface area contributed by atoms with Gasteiger partial charge in [0.1, 0.15) is 18.5 Å². The summed E-state index contributed by atoms with van der Waals surface area (Å²) >= 11 is 0. The predicted molar refractivity (Wildman–Crippen MR) is 77.5 cm³/mol. The van der Waals surface area contributed by atoms with E-state index in [1.165, 1.54) is 4.90 Å². The highest BCUT2D eigenvalue weighted by atomic mass is 32.3. The largest absolute Gasteiger partial charge is 0.491 e. The summed E-state index contributed by atoms with van der Waals surface area (Å²) in [6.07, 6.45) is -0.917. The average Bonchev–Trinajstić information content (AvgIpc) is 2.75. The summed E-state index contributed by atoms with van der Waals surface area (Å²) in [5.41, 5.74) is 0. The van der Waals surface area contributed by atoms with Crippen LogP contribution >= 0.6 is 0 Å². The minimum absolute atomic E-state index is 0.0138. The number of para-hydroxylation sites is 1. The monoisotopic (exact) mass is 331 g/mol. The number of β-amino-alcohol motifs (C(OH)–C–C–N with tert-alkyl or cyclic N) is 1. The Bertz CT molecular complexity index is 607. The van der Waals surface area contributed by atoms with Crippen molar-refractivity contribution >= 4 is 16.1 Å². The Hall–Kier alpha value is -1.67. The smallest absolute Gasteiger partial charge is 0.302 e. The fraction of sp³-hybridized carbons (Fsp3) is 0.500. The zero-order valence-electron chi connectivity index (χ0n) is 11.9. The lowest BCUT2D eigenvalue weighted by atomic mass is 10.1. The Morgan fingerprint density at radius 1 is 1.36 bits per heavy atom. The number of hydrogen-bond donors (Lipinski definition) is 1. The van der Waals surface area contributed by atoms with Gasteiger partial charge in [-0.1, -0.05) is 18.2 Å². The van der Waals surface area contributed by atoms with Crippen LogP contribution in [0.1, 0.15) is 6.42 Å². The summed E-state index contributed by atoms with van der Waals surface area (Å²) in [5.74, 6) is -0.904. The standard InChI is InChI=1S/C14H18FNO5S/c15-22(19,20)10-11-6-14(18)16(7-11)8-12(17)9-21-13-4-2-1-3-5-13/h1-5,11-12,17H,6-10H2. The second-order valence-electron chi connectivity index (χ2n) is 5.35. The summed E-state index contributed by atoms with van der Waals surface area (Å²) in [5, 5.41) is 9.90. The van der Waals surface area contributed by atoms with Crippen LogP contribution in [0.15, 0.2) is 30.3 Å². The molecule has 2 rings (SSSR count). The van der Waals surface area contributed by atoms with Gasteiger partial charge in [-0.2, -0.15) is 8.42 Å². The molecule has 2 unspecified atom stereocenters. The van der Waals surface area contributed by atoms with Crippen LogP contribution < -0.4 is 4.74 Å². The molecule has 6 nitrogen and oxygen atoms in total. The van der Waals surface area contributed by atoms with Gasteiger partial charge in [-0.15, -0.1) is 3.89 Å². The zero-order valence-corrected chi connectivity index (χ0v) is 12.7. The van der Waals surface area contributed by atoms with E-state index in [0.29, 0.717) is 5.75 Å². The zero-order chi connectivity index (χ0) is 16.2. The van der Waals surface area contributed by atoms with Crippen LogP contribution in [0.3, 0.4) is 0 Å². The van der Waals surface area contributed by atoms with Crippen molar-refractivity contribution in [3.05, 3.63) is 30.3 Å². The van der Waals surface area contributed by atoms with E-state index in [2.05, 4.69) is 0 Å². The average molecular weight is 331 g/mol. The van der Waals surface area contributed by atoms with Crippen molar-refractivity contribution in [2.24, 2.45) is 5.92 Å². The van der Waals surface area contributed by atoms with E-state index in [1.807, 2.05) is 6.07 Å². The van der Waals surface area contributed by atoms with Crippen molar-refractivity contribution in [2.45, 2.75) is 12.5 Å². The third-order valence-corrected chi connectivity index (χ3v) is 4.22. The molecule has 8 heteroatoms. The SMILES string of the molecule is O=C1CC(CS(=O)(=O)F)CN1CC(O)COc1ccccc1. The lowest BCUT2D eigenvalue weighted by molar-refractivity contribution is -0.129. The first-order valence-electron chi connectivity index (χ1n) is 6.89. The first-order valence-corrected chi connectivity index (χ1v) is 8.45. The van der Waals surface area contributed by atoms with Crippen LogP contribution in [0.25, 0.3) is 0 Å². The summed E-state index contributed by atoms with van der Waals surface area (Å²) < 4.78 is 39.2. The molecule has 0 aromatic heterocycles. The normalized spacial score (nSPS) is 20.2. The Labute approximate surface area is 128 Å². The van der Waals surface area contributed by atoms with Crippen LogP contribution in [0.5, 0.6) is 5.75 Å². The summed E-state index contributed by atoms with van der Waals surface area (Å²) in [6.45, 7) is 0.179. The Morgan fingerprint density at radius 2 is 2.05 bits per heavy atom. The number of nitrogens with zero attached hydrogens (tertiary/aromatic N) is 1. The molecule has 122 valence electrons. The molecule has 1 saturated heterocycles. The number of likely N-dealkylation sites (tertiary alicyclic amines) is 1. The van der Waals surface area contributed by atoms with Gasteiger partial charge < -0.3 is 14.7 Å². The minimum Gasteiger partial charge on any atom is -0.491 e. The second kappa shape index (κ2) is 7.06. The molecular formula is C14H18FNO5S. The molecule has 1 aromatic rings. The maximum Gasteiger partial charge on any atom is 0.302 e. The molecule has 0 saturated carbocycles. The molecule has 1 fully saturated rings. The van der Waals surface area contributed by atoms with Crippen molar-refractivity contribution in [1.29, 1.82) is 0 Å². The second-order valence-corrected chi connectivity index (χ2v) is 6.76. The van der Waals surface area contributed by atoms with Gasteiger partial charge in [-0.3, -0.25) is 4.79 Å². The number of ether oxygens (including phenoxy) is 1. The molecule has 1 aliphatic heterocycles. The van der Waals surface area contributed by atoms with Crippen molar-refractivity contribution in [2.75, 3.05) is 25.4 Å². The molecule has 1 N–H and O–H groups in total. The van der Waals surface area contributed by atoms with E-state index in [0.717, 1.165) is 0 Å². The van der Waals surface area contributed by atoms with Crippen LogP contribution in [0, 0.1) is 5.92 Å². The van der Waals surface area contributed by atoms with Gasteiger partial charge in [0.25, 0.3) is 0 Å². The van der Waals surface area contributed by atoms with Crippen molar-refractivity contribution < 1.29 is 26.9 Å². The molecular weight excluding hydrogens is 313 g/mol. The fourth-order valence-corrected chi connectivity index (χ4v) is 3.23.